The Morgan fingerprint density at radius 2 is 1.79 bits per heavy atom. The molecule has 3 aromatic rings. The van der Waals surface area contributed by atoms with E-state index < -0.39 is 30.3 Å². The molecule has 0 fully saturated rings. The van der Waals surface area contributed by atoms with Gasteiger partial charge in [-0.1, -0.05) is 36.4 Å². The highest BCUT2D eigenvalue weighted by Gasteiger charge is 2.18. The van der Waals surface area contributed by atoms with Gasteiger partial charge in [0.05, 0.1) is 6.04 Å². The van der Waals surface area contributed by atoms with Crippen LogP contribution in [-0.4, -0.2) is 18.5 Å². The van der Waals surface area contributed by atoms with Gasteiger partial charge in [-0.15, -0.1) is 11.3 Å². The maximum atomic E-state index is 13.5. The van der Waals surface area contributed by atoms with E-state index in [1.165, 1.54) is 41.7 Å². The van der Waals surface area contributed by atoms with Gasteiger partial charge in [0.1, 0.15) is 11.6 Å². The first-order valence-electron chi connectivity index (χ1n) is 8.70. The van der Waals surface area contributed by atoms with Gasteiger partial charge in [0.25, 0.3) is 5.91 Å². The number of thiophene rings is 1. The van der Waals surface area contributed by atoms with Gasteiger partial charge in [0.2, 0.25) is 0 Å². The van der Waals surface area contributed by atoms with E-state index in [4.69, 9.17) is 4.74 Å². The molecule has 29 heavy (non-hydrogen) atoms. The van der Waals surface area contributed by atoms with Crippen LogP contribution in [0.3, 0.4) is 0 Å². The fraction of sp³-hybridized carbons (Fsp3) is 0.0909. The summed E-state index contributed by atoms with van der Waals surface area (Å²) in [6, 6.07) is 15.0. The molecule has 0 aliphatic rings. The normalized spacial score (nSPS) is 11.9. The van der Waals surface area contributed by atoms with Crippen molar-refractivity contribution in [1.29, 1.82) is 0 Å². The number of rotatable bonds is 7. The second-order valence-electron chi connectivity index (χ2n) is 6.03. The second-order valence-corrected chi connectivity index (χ2v) is 7.01. The average molecular weight is 413 g/mol. The van der Waals surface area contributed by atoms with Crippen molar-refractivity contribution >= 4 is 29.3 Å². The zero-order valence-corrected chi connectivity index (χ0v) is 16.0. The maximum absolute atomic E-state index is 13.5. The van der Waals surface area contributed by atoms with E-state index in [2.05, 4.69) is 5.32 Å². The lowest BCUT2D eigenvalue weighted by atomic mass is 10.1. The summed E-state index contributed by atoms with van der Waals surface area (Å²) in [5, 5.41) is 4.65. The summed E-state index contributed by atoms with van der Waals surface area (Å²) in [7, 11) is 0. The van der Waals surface area contributed by atoms with Gasteiger partial charge in [0.15, 0.2) is 6.61 Å². The Balaban J connectivity index is 1.59. The van der Waals surface area contributed by atoms with Crippen molar-refractivity contribution < 1.29 is 23.1 Å². The quantitative estimate of drug-likeness (QED) is 0.459. The maximum Gasteiger partial charge on any atom is 0.331 e. The minimum Gasteiger partial charge on any atom is -0.452 e. The summed E-state index contributed by atoms with van der Waals surface area (Å²) < 4.78 is 31.7. The summed E-state index contributed by atoms with van der Waals surface area (Å²) in [5.74, 6) is -2.12. The molecule has 1 amide bonds. The predicted molar refractivity (Wildman–Crippen MR) is 107 cm³/mol. The third-order valence-corrected chi connectivity index (χ3v) is 4.92. The highest BCUT2D eigenvalue weighted by Crippen LogP contribution is 2.26. The number of carbonyl (C=O) groups excluding carboxylic acids is 2. The van der Waals surface area contributed by atoms with Gasteiger partial charge in [-0.05, 0) is 41.3 Å². The van der Waals surface area contributed by atoms with Crippen molar-refractivity contribution in [2.45, 2.75) is 6.04 Å². The molecule has 3 rings (SSSR count). The SMILES string of the molecule is O=C(COC(=O)/C=C/c1ccccc1F)NC(c1ccc(F)cc1)c1cccs1. The lowest BCUT2D eigenvalue weighted by Gasteiger charge is -2.18. The van der Waals surface area contributed by atoms with Crippen molar-refractivity contribution in [3.63, 3.8) is 0 Å². The van der Waals surface area contributed by atoms with E-state index in [9.17, 15) is 18.4 Å². The Labute approximate surface area is 170 Å². The molecule has 1 N–H and O–H groups in total. The molecule has 0 saturated carbocycles. The van der Waals surface area contributed by atoms with Gasteiger partial charge >= 0.3 is 5.97 Å². The van der Waals surface area contributed by atoms with Crippen molar-refractivity contribution in [3.8, 4) is 0 Å². The zero-order valence-electron chi connectivity index (χ0n) is 15.2. The minimum atomic E-state index is -0.766. The highest BCUT2D eigenvalue weighted by molar-refractivity contribution is 7.10. The van der Waals surface area contributed by atoms with Gasteiger partial charge in [0, 0.05) is 16.5 Å². The molecule has 7 heteroatoms. The number of esters is 1. The number of hydrogen-bond donors (Lipinski definition) is 1. The van der Waals surface area contributed by atoms with Crippen LogP contribution in [0, 0.1) is 11.6 Å². The van der Waals surface area contributed by atoms with E-state index in [0.29, 0.717) is 5.56 Å². The molecule has 1 unspecified atom stereocenters. The molecule has 0 aliphatic carbocycles. The minimum absolute atomic E-state index is 0.239. The number of halogens is 2. The fourth-order valence-corrected chi connectivity index (χ4v) is 3.39. The topological polar surface area (TPSA) is 55.4 Å². The number of ether oxygens (including phenoxy) is 1. The summed E-state index contributed by atoms with van der Waals surface area (Å²) in [4.78, 5) is 24.9. The highest BCUT2D eigenvalue weighted by atomic mass is 32.1. The molecule has 1 atom stereocenters. The molecule has 0 saturated heterocycles. The first kappa shape index (κ1) is 20.4. The van der Waals surface area contributed by atoms with Gasteiger partial charge < -0.3 is 10.1 Å². The summed E-state index contributed by atoms with van der Waals surface area (Å²) in [6.45, 7) is -0.497. The summed E-state index contributed by atoms with van der Waals surface area (Å²) in [6.07, 6.45) is 2.34. The molecule has 0 spiro atoms. The Kier molecular flexibility index (Phi) is 6.86. The standard InChI is InChI=1S/C22H17F2NO3S/c23-17-10-7-16(8-11-17)22(19-6-3-13-29-19)25-20(26)14-28-21(27)12-9-15-4-1-2-5-18(15)24/h1-13,22H,14H2,(H,25,26)/b12-9+. The number of amides is 1. The number of benzene rings is 2. The van der Waals surface area contributed by atoms with Gasteiger partial charge in [-0.25, -0.2) is 13.6 Å². The molecule has 4 nitrogen and oxygen atoms in total. The molecule has 0 bridgehead atoms. The first-order chi connectivity index (χ1) is 14.0. The van der Waals surface area contributed by atoms with E-state index in [-0.39, 0.29) is 11.4 Å². The zero-order chi connectivity index (χ0) is 20.6. The number of carbonyl (C=O) groups is 2. The Morgan fingerprint density at radius 3 is 2.48 bits per heavy atom. The molecule has 1 aromatic heterocycles. The molecule has 0 radical (unpaired) electrons. The van der Waals surface area contributed by atoms with E-state index in [1.807, 2.05) is 17.5 Å². The monoisotopic (exact) mass is 413 g/mol. The van der Waals surface area contributed by atoms with Gasteiger partial charge in [-0.3, -0.25) is 4.79 Å². The molecular formula is C22H17F2NO3S. The third kappa shape index (κ3) is 5.83. The molecule has 1 heterocycles. The van der Waals surface area contributed by atoms with E-state index >= 15 is 0 Å². The van der Waals surface area contributed by atoms with Crippen LogP contribution in [0.4, 0.5) is 8.78 Å². The van der Waals surface area contributed by atoms with Crippen LogP contribution in [0.2, 0.25) is 0 Å². The van der Waals surface area contributed by atoms with Crippen LogP contribution in [0.15, 0.2) is 72.1 Å². The van der Waals surface area contributed by atoms with Crippen molar-refractivity contribution in [2.24, 2.45) is 0 Å². The second kappa shape index (κ2) is 9.75. The largest absolute Gasteiger partial charge is 0.452 e. The van der Waals surface area contributed by atoms with Crippen LogP contribution in [0.1, 0.15) is 22.0 Å². The number of hydrogen-bond acceptors (Lipinski definition) is 4. The predicted octanol–water partition coefficient (Wildman–Crippen LogP) is 4.49. The van der Waals surface area contributed by atoms with Gasteiger partial charge in [-0.2, -0.15) is 0 Å². The van der Waals surface area contributed by atoms with Crippen LogP contribution in [0.5, 0.6) is 0 Å². The van der Waals surface area contributed by atoms with Crippen LogP contribution >= 0.6 is 11.3 Å². The lowest BCUT2D eigenvalue weighted by molar-refractivity contribution is -0.143. The summed E-state index contributed by atoms with van der Waals surface area (Å²) in [5.41, 5.74) is 0.941. The molecule has 0 aliphatic heterocycles. The van der Waals surface area contributed by atoms with E-state index in [1.54, 1.807) is 24.3 Å². The average Bonchev–Trinajstić information content (AvgIpc) is 3.25. The first-order valence-corrected chi connectivity index (χ1v) is 9.58. The van der Waals surface area contributed by atoms with Crippen molar-refractivity contribution in [1.82, 2.24) is 5.32 Å². The van der Waals surface area contributed by atoms with Crippen LogP contribution in [-0.2, 0) is 14.3 Å². The molecule has 148 valence electrons. The Morgan fingerprint density at radius 1 is 1.03 bits per heavy atom. The van der Waals surface area contributed by atoms with Crippen molar-refractivity contribution in [2.75, 3.05) is 6.61 Å². The third-order valence-electron chi connectivity index (χ3n) is 3.99. The van der Waals surface area contributed by atoms with E-state index in [0.717, 1.165) is 11.0 Å². The van der Waals surface area contributed by atoms with Crippen molar-refractivity contribution in [3.05, 3.63) is 99.8 Å². The fourth-order valence-electron chi connectivity index (χ4n) is 2.59. The number of nitrogens with one attached hydrogen (secondary N) is 1. The summed E-state index contributed by atoms with van der Waals surface area (Å²) >= 11 is 1.44. The smallest absolute Gasteiger partial charge is 0.331 e. The lowest BCUT2D eigenvalue weighted by Crippen LogP contribution is -2.32. The van der Waals surface area contributed by atoms with Crippen LogP contribution in [0.25, 0.3) is 6.08 Å². The Bertz CT molecular complexity index is 1000. The van der Waals surface area contributed by atoms with Crippen LogP contribution < -0.4 is 5.32 Å². The molecule has 2 aromatic carbocycles. The molecular weight excluding hydrogens is 396 g/mol. The Hall–Kier alpha value is -3.32.